The van der Waals surface area contributed by atoms with E-state index in [0.717, 1.165) is 50.7 Å². The fourth-order valence-corrected chi connectivity index (χ4v) is 3.01. The zero-order valence-corrected chi connectivity index (χ0v) is 13.3. The van der Waals surface area contributed by atoms with Crippen molar-refractivity contribution in [1.29, 1.82) is 0 Å². The number of aromatic nitrogens is 1. The molecule has 7 nitrogen and oxygen atoms in total. The number of nitrogens with zero attached hydrogens (tertiary/aromatic N) is 3. The Morgan fingerprint density at radius 2 is 2.09 bits per heavy atom. The van der Waals surface area contributed by atoms with Crippen LogP contribution in [0.3, 0.4) is 0 Å². The molecule has 1 amide bonds. The van der Waals surface area contributed by atoms with Gasteiger partial charge in [-0.05, 0) is 13.8 Å². The second-order valence-corrected chi connectivity index (χ2v) is 5.97. The lowest BCUT2D eigenvalue weighted by atomic mass is 10.1. The molecular formula is C15H24N4O3. The van der Waals surface area contributed by atoms with Crippen molar-refractivity contribution < 1.29 is 14.1 Å². The predicted molar refractivity (Wildman–Crippen MR) is 80.4 cm³/mol. The van der Waals surface area contributed by atoms with Crippen molar-refractivity contribution >= 4 is 5.91 Å². The summed E-state index contributed by atoms with van der Waals surface area (Å²) < 4.78 is 10.8. The third-order valence-corrected chi connectivity index (χ3v) is 4.45. The van der Waals surface area contributed by atoms with Gasteiger partial charge in [0, 0.05) is 51.4 Å². The number of aryl methyl sites for hydroxylation is 2. The number of hydrogen-bond donors (Lipinski definition) is 1. The Kier molecular flexibility index (Phi) is 4.75. The molecule has 2 aliphatic heterocycles. The predicted octanol–water partition coefficient (Wildman–Crippen LogP) is -0.0760. The zero-order valence-electron chi connectivity index (χ0n) is 13.3. The first-order chi connectivity index (χ1) is 10.6. The molecule has 0 aromatic carbocycles. The van der Waals surface area contributed by atoms with Crippen molar-refractivity contribution in [2.45, 2.75) is 26.5 Å². The van der Waals surface area contributed by atoms with Gasteiger partial charge in [0.25, 0.3) is 5.91 Å². The lowest BCUT2D eigenvalue weighted by molar-refractivity contribution is -0.147. The van der Waals surface area contributed by atoms with Crippen LogP contribution < -0.4 is 5.32 Å². The van der Waals surface area contributed by atoms with Gasteiger partial charge in [0.2, 0.25) is 0 Å². The Hall–Kier alpha value is -1.44. The van der Waals surface area contributed by atoms with Gasteiger partial charge in [0.15, 0.2) is 0 Å². The molecule has 1 unspecified atom stereocenters. The lowest BCUT2D eigenvalue weighted by Gasteiger charge is -2.37. The molecule has 0 saturated carbocycles. The summed E-state index contributed by atoms with van der Waals surface area (Å²) in [5, 5.41) is 7.20. The topological polar surface area (TPSA) is 70.8 Å². The van der Waals surface area contributed by atoms with Gasteiger partial charge in [-0.15, -0.1) is 0 Å². The van der Waals surface area contributed by atoms with Gasteiger partial charge in [-0.3, -0.25) is 9.69 Å². The molecule has 1 aromatic heterocycles. The number of morpholine rings is 1. The lowest BCUT2D eigenvalue weighted by Crippen LogP contribution is -2.54. The maximum absolute atomic E-state index is 12.4. The standard InChI is InChI=1S/C15H24N4O3/c1-11-13(12(2)22-17-11)10-18-4-6-19(7-5-18)15(20)14-9-16-3-8-21-14/h14,16H,3-10H2,1-2H3. The van der Waals surface area contributed by atoms with Crippen LogP contribution in [0.15, 0.2) is 4.52 Å². The molecule has 1 N–H and O–H groups in total. The largest absolute Gasteiger partial charge is 0.366 e. The highest BCUT2D eigenvalue weighted by Crippen LogP contribution is 2.16. The van der Waals surface area contributed by atoms with Gasteiger partial charge in [0.05, 0.1) is 12.3 Å². The maximum Gasteiger partial charge on any atom is 0.253 e. The summed E-state index contributed by atoms with van der Waals surface area (Å²) in [6.45, 7) is 10.1. The molecule has 0 spiro atoms. The van der Waals surface area contributed by atoms with Crippen LogP contribution in [0.5, 0.6) is 0 Å². The summed E-state index contributed by atoms with van der Waals surface area (Å²) in [6, 6.07) is 0. The van der Waals surface area contributed by atoms with Crippen LogP contribution in [-0.4, -0.2) is 72.8 Å². The number of nitrogens with one attached hydrogen (secondary N) is 1. The van der Waals surface area contributed by atoms with Gasteiger partial charge >= 0.3 is 0 Å². The first-order valence-electron chi connectivity index (χ1n) is 7.90. The Balaban J connectivity index is 1.51. The van der Waals surface area contributed by atoms with E-state index in [4.69, 9.17) is 9.26 Å². The fourth-order valence-electron chi connectivity index (χ4n) is 3.01. The minimum atomic E-state index is -0.317. The summed E-state index contributed by atoms with van der Waals surface area (Å²) in [4.78, 5) is 16.7. The number of carbonyl (C=O) groups excluding carboxylic acids is 1. The Morgan fingerprint density at radius 3 is 2.68 bits per heavy atom. The molecule has 1 aromatic rings. The summed E-state index contributed by atoms with van der Waals surface area (Å²) >= 11 is 0. The van der Waals surface area contributed by atoms with Crippen LogP contribution in [-0.2, 0) is 16.1 Å². The van der Waals surface area contributed by atoms with Crippen LogP contribution in [0.25, 0.3) is 0 Å². The molecule has 0 aliphatic carbocycles. The van der Waals surface area contributed by atoms with Gasteiger partial charge in [-0.1, -0.05) is 5.16 Å². The zero-order chi connectivity index (χ0) is 15.5. The molecular weight excluding hydrogens is 284 g/mol. The highest BCUT2D eigenvalue weighted by atomic mass is 16.5. The van der Waals surface area contributed by atoms with Gasteiger partial charge < -0.3 is 19.5 Å². The third-order valence-electron chi connectivity index (χ3n) is 4.45. The summed E-state index contributed by atoms with van der Waals surface area (Å²) in [5.41, 5.74) is 2.12. The van der Waals surface area contributed by atoms with Gasteiger partial charge in [0.1, 0.15) is 11.9 Å². The Bertz CT molecular complexity index is 497. The van der Waals surface area contributed by atoms with E-state index < -0.39 is 0 Å². The van der Waals surface area contributed by atoms with Crippen molar-refractivity contribution in [3.05, 3.63) is 17.0 Å². The molecule has 122 valence electrons. The number of rotatable bonds is 3. The highest BCUT2D eigenvalue weighted by molar-refractivity contribution is 5.81. The minimum Gasteiger partial charge on any atom is -0.366 e. The van der Waals surface area contributed by atoms with E-state index in [1.54, 1.807) is 0 Å². The van der Waals surface area contributed by atoms with Crippen LogP contribution in [0.1, 0.15) is 17.0 Å². The number of ether oxygens (including phenoxy) is 1. The van der Waals surface area contributed by atoms with E-state index in [9.17, 15) is 4.79 Å². The molecule has 2 saturated heterocycles. The molecule has 0 radical (unpaired) electrons. The van der Waals surface area contributed by atoms with E-state index in [0.29, 0.717) is 13.2 Å². The normalized spacial score (nSPS) is 23.7. The van der Waals surface area contributed by atoms with Crippen molar-refractivity contribution in [3.8, 4) is 0 Å². The van der Waals surface area contributed by atoms with Crippen molar-refractivity contribution in [1.82, 2.24) is 20.3 Å². The van der Waals surface area contributed by atoms with Crippen LogP contribution in [0, 0.1) is 13.8 Å². The quantitative estimate of drug-likeness (QED) is 0.842. The van der Waals surface area contributed by atoms with E-state index in [1.807, 2.05) is 18.7 Å². The van der Waals surface area contributed by atoms with E-state index in [-0.39, 0.29) is 12.0 Å². The molecule has 22 heavy (non-hydrogen) atoms. The number of piperazine rings is 1. The molecule has 2 aliphatic rings. The van der Waals surface area contributed by atoms with E-state index in [1.165, 1.54) is 5.56 Å². The number of carbonyl (C=O) groups is 1. The fraction of sp³-hybridized carbons (Fsp3) is 0.733. The number of amides is 1. The van der Waals surface area contributed by atoms with Gasteiger partial charge in [-0.25, -0.2) is 0 Å². The summed E-state index contributed by atoms with van der Waals surface area (Å²) in [6.07, 6.45) is -0.317. The molecule has 1 atom stereocenters. The second kappa shape index (κ2) is 6.76. The Morgan fingerprint density at radius 1 is 1.32 bits per heavy atom. The third kappa shape index (κ3) is 3.31. The maximum atomic E-state index is 12.4. The van der Waals surface area contributed by atoms with Crippen LogP contribution in [0.2, 0.25) is 0 Å². The van der Waals surface area contributed by atoms with Crippen molar-refractivity contribution in [3.63, 3.8) is 0 Å². The van der Waals surface area contributed by atoms with Crippen molar-refractivity contribution in [2.75, 3.05) is 45.9 Å². The Labute approximate surface area is 130 Å². The van der Waals surface area contributed by atoms with Gasteiger partial charge in [-0.2, -0.15) is 0 Å². The monoisotopic (exact) mass is 308 g/mol. The molecule has 2 fully saturated rings. The average molecular weight is 308 g/mol. The van der Waals surface area contributed by atoms with Crippen molar-refractivity contribution in [2.24, 2.45) is 0 Å². The molecule has 3 rings (SSSR count). The summed E-state index contributed by atoms with van der Waals surface area (Å²) in [7, 11) is 0. The smallest absolute Gasteiger partial charge is 0.253 e. The molecule has 7 heteroatoms. The molecule has 0 bridgehead atoms. The number of hydrogen-bond acceptors (Lipinski definition) is 6. The first kappa shape index (κ1) is 15.5. The molecule has 3 heterocycles. The highest BCUT2D eigenvalue weighted by Gasteiger charge is 2.29. The van der Waals surface area contributed by atoms with Crippen LogP contribution >= 0.6 is 0 Å². The van der Waals surface area contributed by atoms with E-state index >= 15 is 0 Å². The second-order valence-electron chi connectivity index (χ2n) is 5.97. The minimum absolute atomic E-state index is 0.115. The van der Waals surface area contributed by atoms with E-state index in [2.05, 4.69) is 15.4 Å². The first-order valence-corrected chi connectivity index (χ1v) is 7.90. The van der Waals surface area contributed by atoms with Crippen LogP contribution in [0.4, 0.5) is 0 Å². The average Bonchev–Trinajstić information content (AvgIpc) is 2.88. The SMILES string of the molecule is Cc1noc(C)c1CN1CCN(C(=O)C2CNCCO2)CC1. The summed E-state index contributed by atoms with van der Waals surface area (Å²) in [5.74, 6) is 1.00.